The molecule has 6 heteroatoms. The van der Waals surface area contributed by atoms with Crippen molar-refractivity contribution in [3.63, 3.8) is 0 Å². The van der Waals surface area contributed by atoms with Crippen LogP contribution in [0.15, 0.2) is 18.5 Å². The Labute approximate surface area is 112 Å². The minimum absolute atomic E-state index is 0.0360. The Kier molecular flexibility index (Phi) is 3.59. The molecule has 2 heterocycles. The zero-order valence-electron chi connectivity index (χ0n) is 11.6. The third kappa shape index (κ3) is 2.62. The molecule has 1 N–H and O–H groups in total. The van der Waals surface area contributed by atoms with E-state index >= 15 is 0 Å². The van der Waals surface area contributed by atoms with Crippen LogP contribution in [0.5, 0.6) is 0 Å². The smallest absolute Gasteiger partial charge is 0.248 e. The molecule has 2 rings (SSSR count). The van der Waals surface area contributed by atoms with E-state index in [4.69, 9.17) is 0 Å². The van der Waals surface area contributed by atoms with Gasteiger partial charge in [0.15, 0.2) is 0 Å². The van der Waals surface area contributed by atoms with Crippen molar-refractivity contribution in [2.45, 2.75) is 45.3 Å². The first kappa shape index (κ1) is 13.6. The van der Waals surface area contributed by atoms with Crippen LogP contribution in [0.4, 0.5) is 0 Å². The van der Waals surface area contributed by atoms with Crippen LogP contribution in [-0.2, 0) is 16.1 Å². The summed E-state index contributed by atoms with van der Waals surface area (Å²) in [7, 11) is 0. The second kappa shape index (κ2) is 5.03. The van der Waals surface area contributed by atoms with E-state index in [-0.39, 0.29) is 17.9 Å². The van der Waals surface area contributed by atoms with E-state index in [1.54, 1.807) is 29.6 Å². The molecule has 1 aliphatic heterocycles. The third-order valence-corrected chi connectivity index (χ3v) is 3.43. The van der Waals surface area contributed by atoms with Crippen LogP contribution >= 0.6 is 0 Å². The van der Waals surface area contributed by atoms with E-state index in [1.165, 1.54) is 0 Å². The molecule has 1 unspecified atom stereocenters. The highest BCUT2D eigenvalue weighted by atomic mass is 16.2. The number of hydrogen-bond acceptors (Lipinski definition) is 3. The maximum absolute atomic E-state index is 12.4. The van der Waals surface area contributed by atoms with Crippen molar-refractivity contribution in [2.75, 3.05) is 6.54 Å². The van der Waals surface area contributed by atoms with Gasteiger partial charge in [-0.3, -0.25) is 14.3 Å². The summed E-state index contributed by atoms with van der Waals surface area (Å²) >= 11 is 0. The van der Waals surface area contributed by atoms with Gasteiger partial charge in [0, 0.05) is 18.9 Å². The molecule has 2 amide bonds. The summed E-state index contributed by atoms with van der Waals surface area (Å²) in [5.74, 6) is -0.112. The Morgan fingerprint density at radius 1 is 1.37 bits per heavy atom. The molecule has 0 aliphatic carbocycles. The minimum atomic E-state index is -0.827. The Balaban J connectivity index is 2.13. The number of hydrogen-bond donors (Lipinski definition) is 1. The van der Waals surface area contributed by atoms with E-state index < -0.39 is 5.54 Å². The molecule has 0 radical (unpaired) electrons. The quantitative estimate of drug-likeness (QED) is 0.856. The Morgan fingerprint density at radius 3 is 2.68 bits per heavy atom. The summed E-state index contributed by atoms with van der Waals surface area (Å²) in [6.07, 6.45) is 4.17. The average molecular weight is 264 g/mol. The number of nitrogens with one attached hydrogen (secondary N) is 1. The van der Waals surface area contributed by atoms with Crippen molar-refractivity contribution in [1.82, 2.24) is 20.0 Å². The molecule has 1 aromatic heterocycles. The molecule has 0 aromatic carbocycles. The van der Waals surface area contributed by atoms with Crippen molar-refractivity contribution in [1.29, 1.82) is 0 Å². The van der Waals surface area contributed by atoms with Crippen LogP contribution in [0.2, 0.25) is 0 Å². The van der Waals surface area contributed by atoms with Gasteiger partial charge in [-0.1, -0.05) is 6.92 Å². The molecule has 1 atom stereocenters. The van der Waals surface area contributed by atoms with Crippen molar-refractivity contribution >= 4 is 11.8 Å². The van der Waals surface area contributed by atoms with E-state index in [0.717, 1.165) is 0 Å². The van der Waals surface area contributed by atoms with Crippen molar-refractivity contribution < 1.29 is 9.59 Å². The lowest BCUT2D eigenvalue weighted by atomic mass is 9.96. The zero-order chi connectivity index (χ0) is 14.0. The van der Waals surface area contributed by atoms with Crippen LogP contribution in [0.25, 0.3) is 0 Å². The lowest BCUT2D eigenvalue weighted by molar-refractivity contribution is -0.153. The van der Waals surface area contributed by atoms with Gasteiger partial charge in [0.2, 0.25) is 11.8 Å². The molecule has 104 valence electrons. The van der Waals surface area contributed by atoms with Gasteiger partial charge in [-0.2, -0.15) is 5.10 Å². The standard InChI is InChI=1S/C13H20N4O2/c1-4-10-11(18)15-13(2,3)12(19)17(10)9-8-16-7-5-6-14-16/h5-7,10H,4,8-9H2,1-3H3,(H,15,18). The lowest BCUT2D eigenvalue weighted by Gasteiger charge is -2.42. The van der Waals surface area contributed by atoms with Crippen molar-refractivity contribution in [3.05, 3.63) is 18.5 Å². The normalized spacial score (nSPS) is 22.5. The van der Waals surface area contributed by atoms with E-state index in [9.17, 15) is 9.59 Å². The lowest BCUT2D eigenvalue weighted by Crippen LogP contribution is -2.68. The highest BCUT2D eigenvalue weighted by Crippen LogP contribution is 2.19. The van der Waals surface area contributed by atoms with E-state index in [0.29, 0.717) is 19.5 Å². The third-order valence-electron chi connectivity index (χ3n) is 3.43. The fourth-order valence-corrected chi connectivity index (χ4v) is 2.39. The molecule has 19 heavy (non-hydrogen) atoms. The van der Waals surface area contributed by atoms with Gasteiger partial charge < -0.3 is 10.2 Å². The summed E-state index contributed by atoms with van der Waals surface area (Å²) in [6.45, 7) is 6.48. The summed E-state index contributed by atoms with van der Waals surface area (Å²) in [6, 6.07) is 1.46. The molecule has 1 aliphatic rings. The van der Waals surface area contributed by atoms with Gasteiger partial charge in [0.1, 0.15) is 11.6 Å². The highest BCUT2D eigenvalue weighted by molar-refractivity contribution is 5.99. The first-order valence-corrected chi connectivity index (χ1v) is 6.56. The summed E-state index contributed by atoms with van der Waals surface area (Å²) in [5.41, 5.74) is -0.827. The predicted molar refractivity (Wildman–Crippen MR) is 70.2 cm³/mol. The molecule has 0 saturated carbocycles. The summed E-state index contributed by atoms with van der Waals surface area (Å²) < 4.78 is 1.76. The first-order chi connectivity index (χ1) is 8.95. The SMILES string of the molecule is CCC1C(=O)NC(C)(C)C(=O)N1CCn1cccn1. The van der Waals surface area contributed by atoms with E-state index in [2.05, 4.69) is 10.4 Å². The Morgan fingerprint density at radius 2 is 2.11 bits per heavy atom. The largest absolute Gasteiger partial charge is 0.340 e. The molecule has 0 spiro atoms. The fraction of sp³-hybridized carbons (Fsp3) is 0.615. The van der Waals surface area contributed by atoms with Crippen LogP contribution in [0, 0.1) is 0 Å². The highest BCUT2D eigenvalue weighted by Gasteiger charge is 2.44. The topological polar surface area (TPSA) is 67.2 Å². The number of aromatic nitrogens is 2. The average Bonchev–Trinajstić information content (AvgIpc) is 2.84. The molecule has 0 bridgehead atoms. The monoisotopic (exact) mass is 264 g/mol. The molecular weight excluding hydrogens is 244 g/mol. The van der Waals surface area contributed by atoms with Crippen LogP contribution in [0.1, 0.15) is 27.2 Å². The Hall–Kier alpha value is -1.85. The van der Waals surface area contributed by atoms with Gasteiger partial charge in [0.05, 0.1) is 6.54 Å². The number of carbonyl (C=O) groups is 2. The molecule has 6 nitrogen and oxygen atoms in total. The van der Waals surface area contributed by atoms with Crippen LogP contribution in [0.3, 0.4) is 0 Å². The minimum Gasteiger partial charge on any atom is -0.340 e. The second-order valence-electron chi connectivity index (χ2n) is 5.31. The molecule has 1 saturated heterocycles. The van der Waals surface area contributed by atoms with Gasteiger partial charge in [-0.25, -0.2) is 0 Å². The van der Waals surface area contributed by atoms with E-state index in [1.807, 2.05) is 19.2 Å². The molecule has 1 fully saturated rings. The second-order valence-corrected chi connectivity index (χ2v) is 5.31. The molecule has 1 aromatic rings. The van der Waals surface area contributed by atoms with Gasteiger partial charge in [-0.15, -0.1) is 0 Å². The number of rotatable bonds is 4. The maximum Gasteiger partial charge on any atom is 0.248 e. The predicted octanol–water partition coefficient (Wildman–Crippen LogP) is 0.399. The number of piperazine rings is 1. The fourth-order valence-electron chi connectivity index (χ4n) is 2.39. The maximum atomic E-state index is 12.4. The number of carbonyl (C=O) groups excluding carboxylic acids is 2. The first-order valence-electron chi connectivity index (χ1n) is 6.56. The number of amides is 2. The molecular formula is C13H20N4O2. The summed E-state index contributed by atoms with van der Waals surface area (Å²) in [5, 5.41) is 6.89. The van der Waals surface area contributed by atoms with Crippen LogP contribution < -0.4 is 5.32 Å². The number of nitrogens with zero attached hydrogens (tertiary/aromatic N) is 3. The van der Waals surface area contributed by atoms with Gasteiger partial charge >= 0.3 is 0 Å². The van der Waals surface area contributed by atoms with Crippen LogP contribution in [-0.4, -0.2) is 44.6 Å². The van der Waals surface area contributed by atoms with Gasteiger partial charge in [0.25, 0.3) is 0 Å². The summed E-state index contributed by atoms with van der Waals surface area (Å²) in [4.78, 5) is 26.1. The Bertz CT molecular complexity index is 467. The van der Waals surface area contributed by atoms with Crippen molar-refractivity contribution in [3.8, 4) is 0 Å². The van der Waals surface area contributed by atoms with Gasteiger partial charge in [-0.05, 0) is 26.3 Å². The zero-order valence-corrected chi connectivity index (χ0v) is 11.6. The van der Waals surface area contributed by atoms with Crippen molar-refractivity contribution in [2.24, 2.45) is 0 Å².